The van der Waals surface area contributed by atoms with E-state index in [9.17, 15) is 5.11 Å². The standard InChI is InChI=1S/C12H16O3S/c13-11(10-1-8-16-9-10)2-4-12(5-3-11)14-6-7-15-12/h1,8-9,13H,2-7H2. The Morgan fingerprint density at radius 2 is 1.81 bits per heavy atom. The minimum Gasteiger partial charge on any atom is -0.385 e. The molecule has 4 heteroatoms. The Labute approximate surface area is 99.0 Å². The van der Waals surface area contributed by atoms with Crippen molar-refractivity contribution in [1.29, 1.82) is 0 Å². The number of rotatable bonds is 1. The molecule has 88 valence electrons. The molecule has 1 aromatic heterocycles. The van der Waals surface area contributed by atoms with Gasteiger partial charge in [-0.25, -0.2) is 0 Å². The topological polar surface area (TPSA) is 38.7 Å². The third kappa shape index (κ3) is 1.70. The summed E-state index contributed by atoms with van der Waals surface area (Å²) in [4.78, 5) is 0. The summed E-state index contributed by atoms with van der Waals surface area (Å²) in [6.07, 6.45) is 3.03. The molecular weight excluding hydrogens is 224 g/mol. The van der Waals surface area contributed by atoms with Crippen LogP contribution in [0.3, 0.4) is 0 Å². The molecule has 3 nitrogen and oxygen atoms in total. The van der Waals surface area contributed by atoms with Crippen molar-refractivity contribution in [2.45, 2.75) is 37.1 Å². The maximum absolute atomic E-state index is 10.6. The smallest absolute Gasteiger partial charge is 0.168 e. The maximum atomic E-state index is 10.6. The number of hydrogen-bond acceptors (Lipinski definition) is 4. The van der Waals surface area contributed by atoms with Gasteiger partial charge in [0.2, 0.25) is 0 Å². The van der Waals surface area contributed by atoms with Crippen LogP contribution in [0.15, 0.2) is 16.8 Å². The van der Waals surface area contributed by atoms with Crippen molar-refractivity contribution in [2.75, 3.05) is 13.2 Å². The molecule has 0 unspecified atom stereocenters. The number of thiophene rings is 1. The molecule has 0 atom stereocenters. The molecule has 1 saturated heterocycles. The predicted octanol–water partition coefficient (Wildman–Crippen LogP) is 2.25. The van der Waals surface area contributed by atoms with E-state index < -0.39 is 5.60 Å². The Morgan fingerprint density at radius 3 is 2.38 bits per heavy atom. The Bertz CT molecular complexity index is 344. The lowest BCUT2D eigenvalue weighted by Gasteiger charge is -2.40. The van der Waals surface area contributed by atoms with E-state index >= 15 is 0 Å². The molecule has 2 heterocycles. The van der Waals surface area contributed by atoms with Crippen molar-refractivity contribution in [3.8, 4) is 0 Å². The number of hydrogen-bond donors (Lipinski definition) is 1. The summed E-state index contributed by atoms with van der Waals surface area (Å²) >= 11 is 1.63. The van der Waals surface area contributed by atoms with Gasteiger partial charge < -0.3 is 14.6 Å². The average molecular weight is 240 g/mol. The van der Waals surface area contributed by atoms with Gasteiger partial charge in [0.15, 0.2) is 5.79 Å². The molecule has 3 rings (SSSR count). The molecule has 1 saturated carbocycles. The van der Waals surface area contributed by atoms with E-state index in [1.165, 1.54) is 0 Å². The summed E-state index contributed by atoms with van der Waals surface area (Å²) in [5, 5.41) is 14.6. The summed E-state index contributed by atoms with van der Waals surface area (Å²) in [6, 6.07) is 2.01. The van der Waals surface area contributed by atoms with Crippen molar-refractivity contribution in [3.63, 3.8) is 0 Å². The zero-order valence-electron chi connectivity index (χ0n) is 9.15. The molecule has 1 spiro atoms. The van der Waals surface area contributed by atoms with Gasteiger partial charge >= 0.3 is 0 Å². The van der Waals surface area contributed by atoms with Crippen LogP contribution in [0.4, 0.5) is 0 Å². The van der Waals surface area contributed by atoms with Crippen molar-refractivity contribution < 1.29 is 14.6 Å². The lowest BCUT2D eigenvalue weighted by molar-refractivity contribution is -0.204. The van der Waals surface area contributed by atoms with E-state index in [1.54, 1.807) is 11.3 Å². The van der Waals surface area contributed by atoms with E-state index in [-0.39, 0.29) is 5.79 Å². The molecule has 0 aromatic carbocycles. The fourth-order valence-corrected chi connectivity index (χ4v) is 3.40. The van der Waals surface area contributed by atoms with Crippen LogP contribution in [-0.2, 0) is 15.1 Å². The minimum absolute atomic E-state index is 0.387. The minimum atomic E-state index is -0.666. The van der Waals surface area contributed by atoms with E-state index in [1.807, 2.05) is 16.8 Å². The van der Waals surface area contributed by atoms with Crippen LogP contribution in [0.2, 0.25) is 0 Å². The first kappa shape index (κ1) is 10.7. The molecule has 1 aliphatic carbocycles. The molecule has 2 aliphatic rings. The second-order valence-corrected chi connectivity index (χ2v) is 5.43. The average Bonchev–Trinajstić information content (AvgIpc) is 2.96. The summed E-state index contributed by atoms with van der Waals surface area (Å²) < 4.78 is 11.3. The summed E-state index contributed by atoms with van der Waals surface area (Å²) in [5.41, 5.74) is 0.381. The van der Waals surface area contributed by atoms with Crippen LogP contribution in [0, 0.1) is 0 Å². The maximum Gasteiger partial charge on any atom is 0.168 e. The highest BCUT2D eigenvalue weighted by molar-refractivity contribution is 7.08. The van der Waals surface area contributed by atoms with Gasteiger partial charge in [-0.2, -0.15) is 11.3 Å². The van der Waals surface area contributed by atoms with Gasteiger partial charge in [0.25, 0.3) is 0 Å². The summed E-state index contributed by atoms with van der Waals surface area (Å²) in [5.74, 6) is -0.387. The fourth-order valence-electron chi connectivity index (χ4n) is 2.65. The van der Waals surface area contributed by atoms with Gasteiger partial charge in [0, 0.05) is 12.8 Å². The molecule has 0 radical (unpaired) electrons. The first-order chi connectivity index (χ1) is 7.73. The lowest BCUT2D eigenvalue weighted by Crippen LogP contribution is -2.41. The van der Waals surface area contributed by atoms with E-state index in [0.717, 1.165) is 31.2 Å². The second kappa shape index (κ2) is 3.81. The quantitative estimate of drug-likeness (QED) is 0.818. The highest BCUT2D eigenvalue weighted by atomic mass is 32.1. The summed E-state index contributed by atoms with van der Waals surface area (Å²) in [7, 11) is 0. The van der Waals surface area contributed by atoms with Gasteiger partial charge in [0.05, 0.1) is 18.8 Å². The zero-order valence-corrected chi connectivity index (χ0v) is 9.96. The Hall–Kier alpha value is -0.420. The van der Waals surface area contributed by atoms with Gasteiger partial charge in [-0.15, -0.1) is 0 Å². The third-order valence-electron chi connectivity index (χ3n) is 3.71. The van der Waals surface area contributed by atoms with Crippen molar-refractivity contribution in [2.24, 2.45) is 0 Å². The predicted molar refractivity (Wildman–Crippen MR) is 61.3 cm³/mol. The van der Waals surface area contributed by atoms with Crippen LogP contribution in [-0.4, -0.2) is 24.1 Å². The molecule has 1 aromatic rings. The number of aliphatic hydroxyl groups is 1. The van der Waals surface area contributed by atoms with Crippen LogP contribution in [0.5, 0.6) is 0 Å². The molecule has 0 amide bonds. The van der Waals surface area contributed by atoms with Gasteiger partial charge in [-0.1, -0.05) is 0 Å². The first-order valence-corrected chi connectivity index (χ1v) is 6.70. The van der Waals surface area contributed by atoms with E-state index in [0.29, 0.717) is 13.2 Å². The molecule has 1 aliphatic heterocycles. The Morgan fingerprint density at radius 1 is 1.12 bits per heavy atom. The molecule has 0 bridgehead atoms. The zero-order chi connectivity index (χ0) is 11.1. The summed E-state index contributed by atoms with van der Waals surface area (Å²) in [6.45, 7) is 1.38. The second-order valence-electron chi connectivity index (χ2n) is 4.65. The molecule has 16 heavy (non-hydrogen) atoms. The monoisotopic (exact) mass is 240 g/mol. The molecular formula is C12H16O3S. The highest BCUT2D eigenvalue weighted by Gasteiger charge is 2.46. The number of ether oxygens (including phenoxy) is 2. The largest absolute Gasteiger partial charge is 0.385 e. The molecule has 1 N–H and O–H groups in total. The van der Waals surface area contributed by atoms with Gasteiger partial charge in [-0.3, -0.25) is 0 Å². The highest BCUT2D eigenvalue weighted by Crippen LogP contribution is 2.45. The fraction of sp³-hybridized carbons (Fsp3) is 0.667. The molecule has 2 fully saturated rings. The van der Waals surface area contributed by atoms with Gasteiger partial charge in [-0.05, 0) is 35.2 Å². The van der Waals surface area contributed by atoms with Crippen LogP contribution < -0.4 is 0 Å². The van der Waals surface area contributed by atoms with E-state index in [4.69, 9.17) is 9.47 Å². The van der Waals surface area contributed by atoms with Crippen LogP contribution in [0.1, 0.15) is 31.2 Å². The normalized spacial score (nSPS) is 27.3. The van der Waals surface area contributed by atoms with Crippen LogP contribution in [0.25, 0.3) is 0 Å². The SMILES string of the molecule is OC1(c2ccsc2)CCC2(CC1)OCCO2. The lowest BCUT2D eigenvalue weighted by atomic mass is 9.78. The Balaban J connectivity index is 1.74. The van der Waals surface area contributed by atoms with Crippen molar-refractivity contribution in [1.82, 2.24) is 0 Å². The Kier molecular flexibility index (Phi) is 2.55. The van der Waals surface area contributed by atoms with Gasteiger partial charge in [0.1, 0.15) is 0 Å². The van der Waals surface area contributed by atoms with E-state index in [2.05, 4.69) is 0 Å². The first-order valence-electron chi connectivity index (χ1n) is 5.76. The third-order valence-corrected chi connectivity index (χ3v) is 4.39. The van der Waals surface area contributed by atoms with Crippen molar-refractivity contribution in [3.05, 3.63) is 22.4 Å². The van der Waals surface area contributed by atoms with Crippen LogP contribution >= 0.6 is 11.3 Å². The van der Waals surface area contributed by atoms with Crippen molar-refractivity contribution >= 4 is 11.3 Å².